The number of rotatable bonds is 4. The molecule has 34 heavy (non-hydrogen) atoms. The highest BCUT2D eigenvalue weighted by atomic mass is 16.5. The van der Waals surface area contributed by atoms with Gasteiger partial charge in [-0.25, -0.2) is 9.78 Å². The molecule has 6 rings (SSSR count). The summed E-state index contributed by atoms with van der Waals surface area (Å²) in [5.41, 5.74) is 7.69. The molecule has 0 radical (unpaired) electrons. The Hall–Kier alpha value is -3.97. The number of imidazole rings is 2. The van der Waals surface area contributed by atoms with Crippen molar-refractivity contribution in [3.63, 3.8) is 0 Å². The Balaban J connectivity index is 1.55. The van der Waals surface area contributed by atoms with Crippen LogP contribution in [0.15, 0.2) is 71.8 Å². The van der Waals surface area contributed by atoms with Crippen molar-refractivity contribution >= 4 is 11.0 Å². The first-order valence-electron chi connectivity index (χ1n) is 11.5. The number of aryl methyl sites for hydroxylation is 2. The van der Waals surface area contributed by atoms with Gasteiger partial charge in [-0.1, -0.05) is 29.8 Å². The topological polar surface area (TPSA) is 77.7 Å². The molecule has 0 bridgehead atoms. The van der Waals surface area contributed by atoms with Gasteiger partial charge >= 0.3 is 5.69 Å². The molecule has 1 unspecified atom stereocenters. The van der Waals surface area contributed by atoms with Crippen LogP contribution in [0.4, 0.5) is 0 Å². The summed E-state index contributed by atoms with van der Waals surface area (Å²) in [4.78, 5) is 25.8. The number of aromatic nitrogens is 5. The zero-order chi connectivity index (χ0) is 23.2. The second kappa shape index (κ2) is 8.11. The summed E-state index contributed by atoms with van der Waals surface area (Å²) in [5, 5.41) is 0. The molecule has 7 nitrogen and oxygen atoms in total. The van der Waals surface area contributed by atoms with Gasteiger partial charge in [0.2, 0.25) is 0 Å². The van der Waals surface area contributed by atoms with Crippen molar-refractivity contribution in [2.24, 2.45) is 7.05 Å². The fourth-order valence-electron chi connectivity index (χ4n) is 4.82. The van der Waals surface area contributed by atoms with Gasteiger partial charge in [-0.05, 0) is 43.7 Å². The molecule has 0 spiro atoms. The van der Waals surface area contributed by atoms with E-state index in [9.17, 15) is 4.79 Å². The number of nitrogens with one attached hydrogen (secondary N) is 1. The van der Waals surface area contributed by atoms with Crippen molar-refractivity contribution in [1.29, 1.82) is 0 Å². The lowest BCUT2D eigenvalue weighted by Gasteiger charge is -2.10. The standard InChI is InChI=1S/C27H25N5O2/c1-17-5-3-6-18(13-17)24-25(30-26(29-24)20-7-4-11-28-15-20)19-8-9-22-23(14-19)31(2)27(33)32(22)21-10-12-34-16-21/h3-9,11,13-15,21H,10,12,16H2,1-2H3,(H,29,30). The Labute approximate surface area is 196 Å². The molecule has 4 heterocycles. The predicted octanol–water partition coefficient (Wildman–Crippen LogP) is 4.73. The fraction of sp³-hybridized carbons (Fsp3) is 0.222. The lowest BCUT2D eigenvalue weighted by Crippen LogP contribution is -2.26. The maximum Gasteiger partial charge on any atom is 0.329 e. The summed E-state index contributed by atoms with van der Waals surface area (Å²) in [6, 6.07) is 18.5. The van der Waals surface area contributed by atoms with Crippen molar-refractivity contribution in [3.8, 4) is 33.9 Å². The molecular formula is C27H25N5O2. The van der Waals surface area contributed by atoms with Crippen molar-refractivity contribution in [3.05, 3.63) is 83.0 Å². The largest absolute Gasteiger partial charge is 0.379 e. The van der Waals surface area contributed by atoms with Crippen LogP contribution in [0, 0.1) is 6.92 Å². The highest BCUT2D eigenvalue weighted by molar-refractivity contribution is 5.87. The van der Waals surface area contributed by atoms with Crippen LogP contribution in [0.2, 0.25) is 0 Å². The first kappa shape index (κ1) is 20.6. The van der Waals surface area contributed by atoms with Crippen LogP contribution in [0.5, 0.6) is 0 Å². The number of aromatic amines is 1. The summed E-state index contributed by atoms with van der Waals surface area (Å²) in [6.45, 7) is 3.35. The van der Waals surface area contributed by atoms with Gasteiger partial charge in [0.05, 0.1) is 35.1 Å². The smallest absolute Gasteiger partial charge is 0.329 e. The van der Waals surface area contributed by atoms with Crippen LogP contribution in [0.25, 0.3) is 44.9 Å². The molecule has 1 aliphatic heterocycles. The number of ether oxygens (including phenoxy) is 1. The first-order chi connectivity index (χ1) is 16.6. The number of fused-ring (bicyclic) bond motifs is 1. The maximum absolute atomic E-state index is 13.1. The van der Waals surface area contributed by atoms with Crippen molar-refractivity contribution in [2.45, 2.75) is 19.4 Å². The van der Waals surface area contributed by atoms with E-state index in [4.69, 9.17) is 9.72 Å². The van der Waals surface area contributed by atoms with Crippen molar-refractivity contribution in [2.75, 3.05) is 13.2 Å². The average molecular weight is 452 g/mol. The minimum Gasteiger partial charge on any atom is -0.379 e. The lowest BCUT2D eigenvalue weighted by atomic mass is 10.0. The Morgan fingerprint density at radius 3 is 2.68 bits per heavy atom. The van der Waals surface area contributed by atoms with Crippen LogP contribution < -0.4 is 5.69 Å². The minimum absolute atomic E-state index is 0.0118. The molecule has 1 aliphatic rings. The highest BCUT2D eigenvalue weighted by Gasteiger charge is 2.24. The fourth-order valence-corrected chi connectivity index (χ4v) is 4.82. The maximum atomic E-state index is 13.1. The van der Waals surface area contributed by atoms with E-state index in [0.717, 1.165) is 51.4 Å². The number of hydrogen-bond acceptors (Lipinski definition) is 4. The molecule has 5 aromatic rings. The van der Waals surface area contributed by atoms with Gasteiger partial charge in [0.15, 0.2) is 0 Å². The van der Waals surface area contributed by atoms with Gasteiger partial charge in [0.1, 0.15) is 5.82 Å². The molecule has 1 atom stereocenters. The molecule has 1 fully saturated rings. The molecule has 170 valence electrons. The molecule has 2 aromatic carbocycles. The SMILES string of the molecule is Cc1cccc(-c2nc(-c3cccnc3)[nH]c2-c2ccc3c(c2)n(C)c(=O)n3C2CCOC2)c1. The molecule has 7 heteroatoms. The van der Waals surface area contributed by atoms with Crippen LogP contribution in [0.3, 0.4) is 0 Å². The average Bonchev–Trinajstić information content (AvgIpc) is 3.59. The molecular weight excluding hydrogens is 426 g/mol. The molecule has 1 N–H and O–H groups in total. The number of nitrogens with zero attached hydrogens (tertiary/aromatic N) is 4. The van der Waals surface area contributed by atoms with E-state index in [2.05, 4.69) is 47.2 Å². The number of benzene rings is 2. The first-order valence-corrected chi connectivity index (χ1v) is 11.5. The lowest BCUT2D eigenvalue weighted by molar-refractivity contribution is 0.186. The Kier molecular flexibility index (Phi) is 4.92. The van der Waals surface area contributed by atoms with Gasteiger partial charge in [-0.2, -0.15) is 0 Å². The van der Waals surface area contributed by atoms with E-state index in [1.165, 1.54) is 5.56 Å². The van der Waals surface area contributed by atoms with Crippen molar-refractivity contribution < 1.29 is 4.74 Å². The number of H-pyrrole nitrogens is 1. The monoisotopic (exact) mass is 451 g/mol. The third-order valence-electron chi connectivity index (χ3n) is 6.58. The Bertz CT molecular complexity index is 1560. The van der Waals surface area contributed by atoms with E-state index in [1.807, 2.05) is 35.9 Å². The third-order valence-corrected chi connectivity index (χ3v) is 6.58. The molecule has 0 aliphatic carbocycles. The van der Waals surface area contributed by atoms with E-state index >= 15 is 0 Å². The van der Waals surface area contributed by atoms with Crippen LogP contribution in [0.1, 0.15) is 18.0 Å². The summed E-state index contributed by atoms with van der Waals surface area (Å²) < 4.78 is 9.15. The summed E-state index contributed by atoms with van der Waals surface area (Å²) in [6.07, 6.45) is 4.41. The Morgan fingerprint density at radius 1 is 1.03 bits per heavy atom. The van der Waals surface area contributed by atoms with E-state index in [-0.39, 0.29) is 11.7 Å². The van der Waals surface area contributed by atoms with Gasteiger partial charge in [0, 0.05) is 42.7 Å². The third kappa shape index (κ3) is 3.36. The number of hydrogen-bond donors (Lipinski definition) is 1. The minimum atomic E-state index is -0.0118. The quantitative estimate of drug-likeness (QED) is 0.429. The van der Waals surface area contributed by atoms with Gasteiger partial charge in [-0.3, -0.25) is 14.1 Å². The van der Waals surface area contributed by atoms with Gasteiger partial charge in [-0.15, -0.1) is 0 Å². The number of pyridine rings is 1. The van der Waals surface area contributed by atoms with E-state index in [1.54, 1.807) is 17.0 Å². The second-order valence-electron chi connectivity index (χ2n) is 8.85. The molecule has 1 saturated heterocycles. The van der Waals surface area contributed by atoms with Crippen LogP contribution in [-0.4, -0.2) is 37.3 Å². The van der Waals surface area contributed by atoms with Gasteiger partial charge < -0.3 is 9.72 Å². The summed E-state index contributed by atoms with van der Waals surface area (Å²) in [7, 11) is 1.83. The van der Waals surface area contributed by atoms with E-state index in [0.29, 0.717) is 13.2 Å². The zero-order valence-corrected chi connectivity index (χ0v) is 19.2. The van der Waals surface area contributed by atoms with Gasteiger partial charge in [0.25, 0.3) is 0 Å². The summed E-state index contributed by atoms with van der Waals surface area (Å²) >= 11 is 0. The zero-order valence-electron chi connectivity index (χ0n) is 19.2. The van der Waals surface area contributed by atoms with Crippen LogP contribution in [-0.2, 0) is 11.8 Å². The molecule has 3 aromatic heterocycles. The summed E-state index contributed by atoms with van der Waals surface area (Å²) in [5.74, 6) is 0.759. The predicted molar refractivity (Wildman–Crippen MR) is 133 cm³/mol. The molecule has 0 amide bonds. The van der Waals surface area contributed by atoms with E-state index < -0.39 is 0 Å². The highest BCUT2D eigenvalue weighted by Crippen LogP contribution is 2.35. The van der Waals surface area contributed by atoms with Crippen molar-refractivity contribution in [1.82, 2.24) is 24.1 Å². The van der Waals surface area contributed by atoms with Crippen LogP contribution >= 0.6 is 0 Å². The Morgan fingerprint density at radius 2 is 1.91 bits per heavy atom. The normalized spacial score (nSPS) is 15.9. The molecule has 0 saturated carbocycles. The second-order valence-corrected chi connectivity index (χ2v) is 8.85.